The Morgan fingerprint density at radius 2 is 2.18 bits per heavy atom. The van der Waals surface area contributed by atoms with Crippen LogP contribution in [-0.2, 0) is 11.3 Å². The van der Waals surface area contributed by atoms with Crippen molar-refractivity contribution in [2.45, 2.75) is 19.6 Å². The number of nitrogens with zero attached hydrogens (tertiary/aromatic N) is 1. The van der Waals surface area contributed by atoms with Crippen molar-refractivity contribution in [3.8, 4) is 0 Å². The summed E-state index contributed by atoms with van der Waals surface area (Å²) in [5.74, 6) is 0.644. The predicted octanol–water partition coefficient (Wildman–Crippen LogP) is 2.21. The molecule has 0 aliphatic heterocycles. The van der Waals surface area contributed by atoms with Gasteiger partial charge in [0.2, 0.25) is 0 Å². The molecule has 1 unspecified atom stereocenters. The van der Waals surface area contributed by atoms with E-state index in [1.54, 1.807) is 7.11 Å². The van der Waals surface area contributed by atoms with Crippen LogP contribution in [0.25, 0.3) is 0 Å². The Morgan fingerprint density at radius 3 is 2.76 bits per heavy atom. The average molecular weight is 233 g/mol. The summed E-state index contributed by atoms with van der Waals surface area (Å²) in [6, 6.07) is 9.40. The van der Waals surface area contributed by atoms with E-state index in [2.05, 4.69) is 5.16 Å². The minimum absolute atomic E-state index is 0.0247. The number of benzene rings is 1. The van der Waals surface area contributed by atoms with Crippen LogP contribution in [0.3, 0.4) is 0 Å². The summed E-state index contributed by atoms with van der Waals surface area (Å²) in [5, 5.41) is 13.2. The molecule has 0 radical (unpaired) electrons. The van der Waals surface area contributed by atoms with Crippen molar-refractivity contribution in [3.63, 3.8) is 0 Å². The third kappa shape index (κ3) is 2.38. The lowest BCUT2D eigenvalue weighted by Gasteiger charge is -2.15. The van der Waals surface area contributed by atoms with Crippen LogP contribution in [0, 0.1) is 6.92 Å². The molecular weight excluding hydrogens is 218 g/mol. The van der Waals surface area contributed by atoms with Crippen LogP contribution >= 0.6 is 0 Å². The third-order valence-electron chi connectivity index (χ3n) is 2.65. The second-order valence-electron chi connectivity index (χ2n) is 3.84. The van der Waals surface area contributed by atoms with Crippen molar-refractivity contribution in [2.24, 2.45) is 0 Å². The molecule has 0 spiro atoms. The lowest BCUT2D eigenvalue weighted by molar-refractivity contribution is 0.107. The Kier molecular flexibility index (Phi) is 3.56. The third-order valence-corrected chi connectivity index (χ3v) is 2.65. The van der Waals surface area contributed by atoms with Crippen molar-refractivity contribution >= 4 is 0 Å². The Balaban J connectivity index is 2.41. The maximum Gasteiger partial charge on any atom is 0.170 e. The smallest absolute Gasteiger partial charge is 0.170 e. The molecule has 2 rings (SSSR count). The van der Waals surface area contributed by atoms with E-state index in [0.717, 1.165) is 16.8 Å². The highest BCUT2D eigenvalue weighted by Gasteiger charge is 2.20. The quantitative estimate of drug-likeness (QED) is 0.879. The fourth-order valence-electron chi connectivity index (χ4n) is 1.84. The summed E-state index contributed by atoms with van der Waals surface area (Å²) >= 11 is 0. The Hall–Kier alpha value is -1.65. The molecule has 90 valence electrons. The molecular formula is C13H15NO3. The van der Waals surface area contributed by atoms with Gasteiger partial charge in [-0.15, -0.1) is 0 Å². The van der Waals surface area contributed by atoms with Gasteiger partial charge in [0, 0.05) is 13.2 Å². The van der Waals surface area contributed by atoms with E-state index in [1.807, 2.05) is 37.3 Å². The topological polar surface area (TPSA) is 55.5 Å². The average Bonchev–Trinajstić information content (AvgIpc) is 2.77. The molecule has 1 aromatic heterocycles. The van der Waals surface area contributed by atoms with Crippen LogP contribution in [0.4, 0.5) is 0 Å². The van der Waals surface area contributed by atoms with Crippen molar-refractivity contribution in [1.82, 2.24) is 5.16 Å². The van der Waals surface area contributed by atoms with Gasteiger partial charge in [-0.25, -0.2) is 0 Å². The first-order valence-electron chi connectivity index (χ1n) is 5.41. The van der Waals surface area contributed by atoms with Gasteiger partial charge in [-0.05, 0) is 18.1 Å². The lowest BCUT2D eigenvalue weighted by Crippen LogP contribution is -2.06. The minimum Gasteiger partial charge on any atom is -0.392 e. The number of aliphatic hydroxyl groups excluding tert-OH is 1. The van der Waals surface area contributed by atoms with Gasteiger partial charge < -0.3 is 14.4 Å². The van der Waals surface area contributed by atoms with E-state index in [1.165, 1.54) is 0 Å². The fourth-order valence-corrected chi connectivity index (χ4v) is 1.84. The van der Waals surface area contributed by atoms with E-state index < -0.39 is 0 Å². The Morgan fingerprint density at radius 1 is 1.41 bits per heavy atom. The molecule has 4 heteroatoms. The highest BCUT2D eigenvalue weighted by atomic mass is 16.5. The second-order valence-corrected chi connectivity index (χ2v) is 3.84. The number of hydrogen-bond acceptors (Lipinski definition) is 4. The monoisotopic (exact) mass is 233 g/mol. The number of aromatic nitrogens is 1. The zero-order valence-electron chi connectivity index (χ0n) is 9.88. The number of aryl methyl sites for hydroxylation is 1. The highest BCUT2D eigenvalue weighted by molar-refractivity contribution is 5.33. The zero-order valence-corrected chi connectivity index (χ0v) is 9.88. The molecule has 0 fully saturated rings. The van der Waals surface area contributed by atoms with Gasteiger partial charge in [-0.1, -0.05) is 29.4 Å². The number of methoxy groups -OCH3 is 1. The molecule has 1 atom stereocenters. The summed E-state index contributed by atoms with van der Waals surface area (Å²) < 4.78 is 10.6. The molecule has 4 nitrogen and oxygen atoms in total. The van der Waals surface area contributed by atoms with Crippen LogP contribution in [-0.4, -0.2) is 17.4 Å². The lowest BCUT2D eigenvalue weighted by atomic mass is 10.0. The Bertz CT molecular complexity index is 493. The van der Waals surface area contributed by atoms with Gasteiger partial charge in [0.25, 0.3) is 0 Å². The molecule has 0 saturated carbocycles. The first-order valence-corrected chi connectivity index (χ1v) is 5.41. The summed E-state index contributed by atoms with van der Waals surface area (Å²) in [6.07, 6.45) is -0.334. The number of ether oxygens (including phenoxy) is 1. The zero-order chi connectivity index (χ0) is 12.3. The molecule has 0 bridgehead atoms. The fraction of sp³-hybridized carbons (Fsp3) is 0.308. The number of rotatable bonds is 4. The standard InChI is InChI=1S/C13H15NO3/c1-9-7-12(17-14-9)13(16-2)11-6-4-3-5-10(11)8-15/h3-7,13,15H,8H2,1-2H3. The molecule has 0 amide bonds. The van der Waals surface area contributed by atoms with Gasteiger partial charge >= 0.3 is 0 Å². The van der Waals surface area contributed by atoms with Crippen LogP contribution in [0.15, 0.2) is 34.9 Å². The first kappa shape index (κ1) is 11.8. The van der Waals surface area contributed by atoms with Gasteiger partial charge in [0.05, 0.1) is 12.3 Å². The second kappa shape index (κ2) is 5.12. The summed E-state index contributed by atoms with van der Waals surface area (Å²) in [7, 11) is 1.61. The number of aliphatic hydroxyl groups is 1. The van der Waals surface area contributed by atoms with Crippen molar-refractivity contribution in [2.75, 3.05) is 7.11 Å². The first-order chi connectivity index (χ1) is 8.26. The minimum atomic E-state index is -0.334. The van der Waals surface area contributed by atoms with E-state index in [4.69, 9.17) is 9.26 Å². The van der Waals surface area contributed by atoms with Crippen molar-refractivity contribution in [1.29, 1.82) is 0 Å². The SMILES string of the molecule is COC(c1cc(C)no1)c1ccccc1CO. The molecule has 0 saturated heterocycles. The summed E-state index contributed by atoms with van der Waals surface area (Å²) in [5.41, 5.74) is 2.53. The maximum absolute atomic E-state index is 9.31. The van der Waals surface area contributed by atoms with Gasteiger partial charge in [0.15, 0.2) is 5.76 Å². The van der Waals surface area contributed by atoms with Crippen molar-refractivity contribution in [3.05, 3.63) is 52.9 Å². The molecule has 2 aromatic rings. The maximum atomic E-state index is 9.31. The number of hydrogen-bond donors (Lipinski definition) is 1. The van der Waals surface area contributed by atoms with Crippen LogP contribution in [0.5, 0.6) is 0 Å². The van der Waals surface area contributed by atoms with E-state index in [9.17, 15) is 5.11 Å². The van der Waals surface area contributed by atoms with Crippen LogP contribution in [0.2, 0.25) is 0 Å². The molecule has 0 aliphatic carbocycles. The largest absolute Gasteiger partial charge is 0.392 e. The molecule has 0 aliphatic rings. The summed E-state index contributed by atoms with van der Waals surface area (Å²) in [4.78, 5) is 0. The molecule has 1 aromatic carbocycles. The van der Waals surface area contributed by atoms with Crippen LogP contribution in [0.1, 0.15) is 28.7 Å². The van der Waals surface area contributed by atoms with Crippen molar-refractivity contribution < 1.29 is 14.4 Å². The normalized spacial score (nSPS) is 12.6. The Labute approximate surface area is 99.8 Å². The highest BCUT2D eigenvalue weighted by Crippen LogP contribution is 2.28. The van der Waals surface area contributed by atoms with Gasteiger partial charge in [0.1, 0.15) is 6.10 Å². The van der Waals surface area contributed by atoms with E-state index >= 15 is 0 Å². The van der Waals surface area contributed by atoms with E-state index in [-0.39, 0.29) is 12.7 Å². The van der Waals surface area contributed by atoms with Crippen LogP contribution < -0.4 is 0 Å². The predicted molar refractivity (Wildman–Crippen MR) is 62.5 cm³/mol. The van der Waals surface area contributed by atoms with Gasteiger partial charge in [-0.3, -0.25) is 0 Å². The van der Waals surface area contributed by atoms with Gasteiger partial charge in [-0.2, -0.15) is 0 Å². The van der Waals surface area contributed by atoms with E-state index in [0.29, 0.717) is 5.76 Å². The molecule has 1 heterocycles. The molecule has 1 N–H and O–H groups in total. The molecule has 17 heavy (non-hydrogen) atoms. The summed E-state index contributed by atoms with van der Waals surface area (Å²) in [6.45, 7) is 1.83.